The number of rotatable bonds is 5. The highest BCUT2D eigenvalue weighted by Crippen LogP contribution is 2.30. The lowest BCUT2D eigenvalue weighted by Gasteiger charge is -2.11. The van der Waals surface area contributed by atoms with E-state index in [1.165, 1.54) is 6.07 Å². The van der Waals surface area contributed by atoms with Crippen molar-refractivity contribution in [2.75, 3.05) is 5.32 Å². The molecule has 0 heterocycles. The zero-order valence-electron chi connectivity index (χ0n) is 13.4. The van der Waals surface area contributed by atoms with Gasteiger partial charge in [-0.05, 0) is 36.4 Å². The summed E-state index contributed by atoms with van der Waals surface area (Å²) in [7, 11) is 0. The molecule has 0 aliphatic carbocycles. The first-order valence-electron chi connectivity index (χ1n) is 7.30. The number of alkyl halides is 3. The minimum absolute atomic E-state index is 0.0234. The van der Waals surface area contributed by atoms with Crippen LogP contribution >= 0.6 is 0 Å². The quantitative estimate of drug-likeness (QED) is 0.370. The Morgan fingerprint density at radius 1 is 1.07 bits per heavy atom. The summed E-state index contributed by atoms with van der Waals surface area (Å²) < 4.78 is 37.6. The number of carbonyl (C=O) groups excluding carboxylic acids is 2. The summed E-state index contributed by atoms with van der Waals surface area (Å²) in [6.07, 6.45) is -4.54. The lowest BCUT2D eigenvalue weighted by Crippen LogP contribution is -2.28. The Hall–Kier alpha value is -3.74. The van der Waals surface area contributed by atoms with Crippen molar-refractivity contribution in [1.29, 1.82) is 5.26 Å². The standard InChI is InChI=1S/C17H10F3N3O4/c18-17(19,20)11-3-5-12(6-4-11)22-16(25)14(9-21)15(24)10-1-7-13(8-2-10)23(26)27/h1-8,14H,(H,22,25). The Balaban J connectivity index is 2.14. The minimum atomic E-state index is -4.54. The number of Topliss-reactive ketones (excluding diaryl/α,β-unsaturated/α-hetero) is 1. The van der Waals surface area contributed by atoms with Gasteiger partial charge in [0, 0.05) is 23.4 Å². The van der Waals surface area contributed by atoms with Crippen LogP contribution in [0.3, 0.4) is 0 Å². The Kier molecular flexibility index (Phi) is 5.55. The van der Waals surface area contributed by atoms with Crippen molar-refractivity contribution in [3.63, 3.8) is 0 Å². The zero-order chi connectivity index (χ0) is 20.2. The molecule has 0 radical (unpaired) electrons. The molecule has 1 atom stereocenters. The Morgan fingerprint density at radius 3 is 2.07 bits per heavy atom. The van der Waals surface area contributed by atoms with Crippen molar-refractivity contribution in [3.05, 3.63) is 69.8 Å². The highest BCUT2D eigenvalue weighted by molar-refractivity contribution is 6.15. The molecule has 0 fully saturated rings. The number of halogens is 3. The van der Waals surface area contributed by atoms with Crippen LogP contribution in [0.4, 0.5) is 24.5 Å². The number of nitrogens with zero attached hydrogens (tertiary/aromatic N) is 2. The largest absolute Gasteiger partial charge is 0.416 e. The maximum absolute atomic E-state index is 12.5. The molecule has 2 aromatic rings. The summed E-state index contributed by atoms with van der Waals surface area (Å²) in [6, 6.07) is 9.31. The highest BCUT2D eigenvalue weighted by atomic mass is 19.4. The van der Waals surface area contributed by atoms with Crippen LogP contribution in [0, 0.1) is 27.4 Å². The van der Waals surface area contributed by atoms with E-state index < -0.39 is 34.3 Å². The van der Waals surface area contributed by atoms with Crippen LogP contribution < -0.4 is 5.32 Å². The van der Waals surface area contributed by atoms with Crippen molar-refractivity contribution < 1.29 is 27.7 Å². The molecule has 1 N–H and O–H groups in total. The Morgan fingerprint density at radius 2 is 1.63 bits per heavy atom. The van der Waals surface area contributed by atoms with Crippen LogP contribution in [-0.4, -0.2) is 16.6 Å². The second kappa shape index (κ2) is 7.65. The molecule has 0 aromatic heterocycles. The molecule has 2 rings (SSSR count). The molecule has 27 heavy (non-hydrogen) atoms. The zero-order valence-corrected chi connectivity index (χ0v) is 13.4. The number of benzene rings is 2. The molecular weight excluding hydrogens is 367 g/mol. The summed E-state index contributed by atoms with van der Waals surface area (Å²) in [5.74, 6) is -3.69. The fourth-order valence-electron chi connectivity index (χ4n) is 2.11. The Labute approximate surface area is 150 Å². The van der Waals surface area contributed by atoms with Crippen LogP contribution in [0.15, 0.2) is 48.5 Å². The van der Waals surface area contributed by atoms with Gasteiger partial charge in [0.15, 0.2) is 11.7 Å². The molecule has 2 aromatic carbocycles. The number of carbonyl (C=O) groups is 2. The maximum Gasteiger partial charge on any atom is 0.416 e. The summed E-state index contributed by atoms with van der Waals surface area (Å²) >= 11 is 0. The lowest BCUT2D eigenvalue weighted by atomic mass is 9.97. The van der Waals surface area contributed by atoms with Crippen molar-refractivity contribution in [2.45, 2.75) is 6.18 Å². The van der Waals surface area contributed by atoms with Crippen LogP contribution in [0.2, 0.25) is 0 Å². The lowest BCUT2D eigenvalue weighted by molar-refractivity contribution is -0.384. The van der Waals surface area contributed by atoms with Crippen LogP contribution in [-0.2, 0) is 11.0 Å². The average Bonchev–Trinajstić information content (AvgIpc) is 2.62. The van der Waals surface area contributed by atoms with Crippen LogP contribution in [0.5, 0.6) is 0 Å². The van der Waals surface area contributed by atoms with Gasteiger partial charge >= 0.3 is 6.18 Å². The van der Waals surface area contributed by atoms with E-state index in [1.54, 1.807) is 0 Å². The van der Waals surface area contributed by atoms with Gasteiger partial charge in [-0.25, -0.2) is 0 Å². The number of nitro benzene ring substituents is 1. The number of non-ortho nitro benzene ring substituents is 1. The molecular formula is C17H10F3N3O4. The van der Waals surface area contributed by atoms with E-state index in [-0.39, 0.29) is 16.9 Å². The van der Waals surface area contributed by atoms with Gasteiger partial charge in [-0.3, -0.25) is 19.7 Å². The Bertz CT molecular complexity index is 916. The number of nitriles is 1. The molecule has 7 nitrogen and oxygen atoms in total. The predicted octanol–water partition coefficient (Wildman–Crippen LogP) is 3.57. The molecule has 10 heteroatoms. The normalized spacial score (nSPS) is 11.9. The molecule has 1 amide bonds. The predicted molar refractivity (Wildman–Crippen MR) is 86.6 cm³/mol. The van der Waals surface area contributed by atoms with Gasteiger partial charge in [-0.2, -0.15) is 18.4 Å². The topological polar surface area (TPSA) is 113 Å². The van der Waals surface area contributed by atoms with E-state index in [4.69, 9.17) is 5.26 Å². The van der Waals surface area contributed by atoms with E-state index in [9.17, 15) is 32.9 Å². The van der Waals surface area contributed by atoms with E-state index >= 15 is 0 Å². The van der Waals surface area contributed by atoms with E-state index in [0.717, 1.165) is 48.5 Å². The fraction of sp³-hybridized carbons (Fsp3) is 0.118. The van der Waals surface area contributed by atoms with Gasteiger partial charge in [0.1, 0.15) is 0 Å². The first-order valence-corrected chi connectivity index (χ1v) is 7.30. The molecule has 0 saturated heterocycles. The number of ketones is 1. The van der Waals surface area contributed by atoms with Gasteiger partial charge in [0.25, 0.3) is 5.69 Å². The molecule has 0 aliphatic heterocycles. The van der Waals surface area contributed by atoms with Crippen molar-refractivity contribution in [1.82, 2.24) is 0 Å². The third kappa shape index (κ3) is 4.66. The third-order valence-corrected chi connectivity index (χ3v) is 3.50. The van der Waals surface area contributed by atoms with Gasteiger partial charge in [0.2, 0.25) is 5.91 Å². The monoisotopic (exact) mass is 377 g/mol. The smallest absolute Gasteiger partial charge is 0.325 e. The molecule has 138 valence electrons. The van der Waals surface area contributed by atoms with Crippen LogP contribution in [0.25, 0.3) is 0 Å². The minimum Gasteiger partial charge on any atom is -0.325 e. The van der Waals surface area contributed by atoms with E-state index in [1.807, 2.05) is 0 Å². The first-order chi connectivity index (χ1) is 12.6. The number of nitrogens with one attached hydrogen (secondary N) is 1. The van der Waals surface area contributed by atoms with Crippen LogP contribution in [0.1, 0.15) is 15.9 Å². The summed E-state index contributed by atoms with van der Waals surface area (Å²) in [6.45, 7) is 0. The first kappa shape index (κ1) is 19.6. The summed E-state index contributed by atoms with van der Waals surface area (Å²) in [5, 5.41) is 21.9. The van der Waals surface area contributed by atoms with Gasteiger partial charge in [-0.1, -0.05) is 0 Å². The second-order valence-corrected chi connectivity index (χ2v) is 5.29. The van der Waals surface area contributed by atoms with Crippen molar-refractivity contribution >= 4 is 23.1 Å². The molecule has 0 bridgehead atoms. The van der Waals surface area contributed by atoms with Gasteiger partial charge in [-0.15, -0.1) is 0 Å². The number of hydrogen-bond acceptors (Lipinski definition) is 5. The maximum atomic E-state index is 12.5. The average molecular weight is 377 g/mol. The number of nitro groups is 1. The molecule has 0 saturated carbocycles. The fourth-order valence-corrected chi connectivity index (χ4v) is 2.11. The number of anilines is 1. The number of hydrogen-bond donors (Lipinski definition) is 1. The number of amides is 1. The van der Waals surface area contributed by atoms with Crippen molar-refractivity contribution in [3.8, 4) is 6.07 Å². The van der Waals surface area contributed by atoms with E-state index in [0.29, 0.717) is 0 Å². The van der Waals surface area contributed by atoms with E-state index in [2.05, 4.69) is 5.32 Å². The molecule has 0 spiro atoms. The molecule has 1 unspecified atom stereocenters. The summed E-state index contributed by atoms with van der Waals surface area (Å²) in [5.41, 5.74) is -1.30. The second-order valence-electron chi connectivity index (χ2n) is 5.29. The van der Waals surface area contributed by atoms with Gasteiger partial charge in [0.05, 0.1) is 16.6 Å². The van der Waals surface area contributed by atoms with Crippen molar-refractivity contribution in [2.24, 2.45) is 5.92 Å². The van der Waals surface area contributed by atoms with Gasteiger partial charge < -0.3 is 5.32 Å². The third-order valence-electron chi connectivity index (χ3n) is 3.50. The highest BCUT2D eigenvalue weighted by Gasteiger charge is 2.31. The molecule has 0 aliphatic rings. The SMILES string of the molecule is N#CC(C(=O)Nc1ccc(C(F)(F)F)cc1)C(=O)c1ccc([N+](=O)[O-])cc1. The summed E-state index contributed by atoms with van der Waals surface area (Å²) in [4.78, 5) is 34.3.